The summed E-state index contributed by atoms with van der Waals surface area (Å²) in [5.74, 6) is 1.65. The molecule has 216 valence electrons. The smallest absolute Gasteiger partial charge is 0.262 e. The molecule has 0 saturated carbocycles. The van der Waals surface area contributed by atoms with Crippen LogP contribution in [-0.4, -0.2) is 53.9 Å². The van der Waals surface area contributed by atoms with Gasteiger partial charge in [-0.15, -0.1) is 17.9 Å². The number of fused-ring (bicyclic) bond motifs is 1. The minimum Gasteiger partial charge on any atom is -0.493 e. The highest BCUT2D eigenvalue weighted by molar-refractivity contribution is 7.07. The molecular formula is C32H28N6O4S. The Bertz CT molecular complexity index is 1900. The molecule has 2 aromatic heterocycles. The first-order valence-corrected chi connectivity index (χ1v) is 14.3. The van der Waals surface area contributed by atoms with Gasteiger partial charge in [0.1, 0.15) is 11.4 Å². The predicted octanol–water partition coefficient (Wildman–Crippen LogP) is 5.39. The zero-order valence-corrected chi connectivity index (χ0v) is 24.4. The first kappa shape index (κ1) is 27.7. The molecule has 0 fully saturated rings. The van der Waals surface area contributed by atoms with Gasteiger partial charge in [-0.3, -0.25) is 9.79 Å². The van der Waals surface area contributed by atoms with E-state index in [0.717, 1.165) is 28.1 Å². The number of ether oxygens (including phenoxy) is 3. The Morgan fingerprint density at radius 3 is 2.67 bits per heavy atom. The Hall–Kier alpha value is -5.42. The summed E-state index contributed by atoms with van der Waals surface area (Å²) >= 11 is 1.46. The van der Waals surface area contributed by atoms with Gasteiger partial charge in [-0.1, -0.05) is 24.3 Å². The third kappa shape index (κ3) is 5.70. The average molecular weight is 593 g/mol. The molecule has 1 aliphatic heterocycles. The molecule has 43 heavy (non-hydrogen) atoms. The number of rotatable bonds is 9. The monoisotopic (exact) mass is 592 g/mol. The number of nitrogens with zero attached hydrogens (tertiary/aromatic N) is 5. The molecule has 3 heterocycles. The first-order valence-electron chi connectivity index (χ1n) is 13.4. The molecular weight excluding hydrogens is 564 g/mol. The van der Waals surface area contributed by atoms with Crippen LogP contribution in [0.5, 0.6) is 17.2 Å². The number of para-hydroxylation sites is 1. The summed E-state index contributed by atoms with van der Waals surface area (Å²) in [4.78, 5) is 17.3. The first-order chi connectivity index (χ1) is 21.1. The van der Waals surface area contributed by atoms with E-state index in [9.17, 15) is 4.79 Å². The van der Waals surface area contributed by atoms with Crippen LogP contribution in [-0.2, 0) is 4.79 Å². The summed E-state index contributed by atoms with van der Waals surface area (Å²) < 4.78 is 20.1. The van der Waals surface area contributed by atoms with Crippen molar-refractivity contribution in [1.29, 1.82) is 0 Å². The van der Waals surface area contributed by atoms with Gasteiger partial charge in [0.05, 0.1) is 44.0 Å². The number of aromatic nitrogens is 3. The molecule has 3 aromatic carbocycles. The lowest BCUT2D eigenvalue weighted by atomic mass is 10.1. The maximum atomic E-state index is 11.9. The van der Waals surface area contributed by atoms with Gasteiger partial charge in [-0.25, -0.2) is 9.36 Å². The molecule has 0 atom stereocenters. The number of carbonyl (C=O) groups excluding carboxylic acids is 1. The van der Waals surface area contributed by atoms with E-state index in [2.05, 4.69) is 16.9 Å². The summed E-state index contributed by atoms with van der Waals surface area (Å²) in [6, 6.07) is 21.2. The van der Waals surface area contributed by atoms with Crippen molar-refractivity contribution in [2.45, 2.75) is 0 Å². The van der Waals surface area contributed by atoms with Crippen LogP contribution in [0.4, 0.5) is 5.69 Å². The zero-order valence-electron chi connectivity index (χ0n) is 23.6. The standard InChI is InChI=1S/C32H28N6O4S/c1-4-14-33-32-38(26(20-43-32)21-10-12-27-25(15-21)35-30(39)19-42-27)34-17-23-18-37(24-8-6-5-7-9-24)36-31(23)22-11-13-28(40-2)29(16-22)41-3/h4-13,15-18,20H,1,14,19H2,2-3H3,(H,35,39). The van der Waals surface area contributed by atoms with E-state index in [0.29, 0.717) is 40.0 Å². The van der Waals surface area contributed by atoms with Crippen molar-refractivity contribution in [3.8, 4) is 45.5 Å². The van der Waals surface area contributed by atoms with Gasteiger partial charge < -0.3 is 19.5 Å². The van der Waals surface area contributed by atoms with Gasteiger partial charge in [-0.05, 0) is 48.5 Å². The predicted molar refractivity (Wildman–Crippen MR) is 168 cm³/mol. The highest BCUT2D eigenvalue weighted by atomic mass is 32.1. The molecule has 0 radical (unpaired) electrons. The number of hydrogen-bond acceptors (Lipinski definition) is 8. The minimum absolute atomic E-state index is 0.00125. The van der Waals surface area contributed by atoms with Gasteiger partial charge in [0.25, 0.3) is 5.91 Å². The Labute approximate surface area is 251 Å². The molecule has 5 aromatic rings. The average Bonchev–Trinajstić information content (AvgIpc) is 3.66. The Balaban J connectivity index is 1.47. The van der Waals surface area contributed by atoms with Crippen LogP contribution in [0.25, 0.3) is 28.2 Å². The van der Waals surface area contributed by atoms with E-state index in [-0.39, 0.29) is 12.5 Å². The number of hydrogen-bond donors (Lipinski definition) is 1. The third-order valence-corrected chi connectivity index (χ3v) is 7.54. The SMILES string of the molecule is C=CCN=c1scc(-c2ccc3c(c2)NC(=O)CO3)n1N=Cc1cn(-c2ccccc2)nc1-c1ccc(OC)c(OC)c1. The Kier molecular flexibility index (Phi) is 7.88. The van der Waals surface area contributed by atoms with E-state index in [1.165, 1.54) is 11.3 Å². The van der Waals surface area contributed by atoms with Crippen molar-refractivity contribution >= 4 is 29.1 Å². The Morgan fingerprint density at radius 2 is 1.88 bits per heavy atom. The third-order valence-electron chi connectivity index (χ3n) is 6.68. The van der Waals surface area contributed by atoms with Gasteiger partial charge in [0.15, 0.2) is 18.1 Å². The van der Waals surface area contributed by atoms with Gasteiger partial charge in [0.2, 0.25) is 4.80 Å². The van der Waals surface area contributed by atoms with Crippen molar-refractivity contribution < 1.29 is 19.0 Å². The molecule has 6 rings (SSSR count). The second-order valence-corrected chi connectivity index (χ2v) is 10.3. The number of thiazole rings is 1. The second-order valence-electron chi connectivity index (χ2n) is 9.42. The normalized spacial score (nSPS) is 13.0. The van der Waals surface area contributed by atoms with E-state index in [4.69, 9.17) is 24.4 Å². The van der Waals surface area contributed by atoms with Crippen molar-refractivity contribution in [2.75, 3.05) is 32.7 Å². The lowest BCUT2D eigenvalue weighted by Crippen LogP contribution is -2.25. The van der Waals surface area contributed by atoms with Crippen molar-refractivity contribution in [3.05, 3.63) is 101 Å². The van der Waals surface area contributed by atoms with E-state index in [1.807, 2.05) is 83.0 Å². The van der Waals surface area contributed by atoms with Crippen LogP contribution >= 0.6 is 11.3 Å². The molecule has 0 saturated heterocycles. The highest BCUT2D eigenvalue weighted by Gasteiger charge is 2.19. The molecule has 0 bridgehead atoms. The minimum atomic E-state index is -0.194. The van der Waals surface area contributed by atoms with Gasteiger partial charge in [0, 0.05) is 28.3 Å². The van der Waals surface area contributed by atoms with Crippen LogP contribution < -0.4 is 24.3 Å². The molecule has 0 aliphatic carbocycles. The summed E-state index contributed by atoms with van der Waals surface area (Å²) in [6.07, 6.45) is 5.44. The summed E-state index contributed by atoms with van der Waals surface area (Å²) in [5.41, 5.74) is 5.50. The van der Waals surface area contributed by atoms with Crippen LogP contribution in [0.15, 0.2) is 101 Å². The second kappa shape index (κ2) is 12.2. The number of benzene rings is 3. The fourth-order valence-electron chi connectivity index (χ4n) is 4.63. The van der Waals surface area contributed by atoms with Gasteiger partial charge >= 0.3 is 0 Å². The number of anilines is 1. The fourth-order valence-corrected chi connectivity index (χ4v) is 5.47. The molecule has 1 N–H and O–H groups in total. The van der Waals surface area contributed by atoms with E-state index >= 15 is 0 Å². The van der Waals surface area contributed by atoms with Crippen LogP contribution in [0.1, 0.15) is 5.56 Å². The fraction of sp³-hybridized carbons (Fsp3) is 0.125. The van der Waals surface area contributed by atoms with Crippen LogP contribution in [0.3, 0.4) is 0 Å². The quantitative estimate of drug-likeness (QED) is 0.183. The van der Waals surface area contributed by atoms with Crippen molar-refractivity contribution in [1.82, 2.24) is 14.5 Å². The topological polar surface area (TPSA) is 104 Å². The molecule has 1 amide bonds. The maximum Gasteiger partial charge on any atom is 0.262 e. The van der Waals surface area contributed by atoms with E-state index in [1.54, 1.807) is 31.2 Å². The molecule has 10 nitrogen and oxygen atoms in total. The van der Waals surface area contributed by atoms with Crippen molar-refractivity contribution in [2.24, 2.45) is 10.1 Å². The molecule has 0 unspecified atom stereocenters. The maximum absolute atomic E-state index is 11.9. The Morgan fingerprint density at radius 1 is 1.07 bits per heavy atom. The van der Waals surface area contributed by atoms with Crippen molar-refractivity contribution in [3.63, 3.8) is 0 Å². The lowest BCUT2D eigenvalue weighted by Gasteiger charge is -2.18. The number of methoxy groups -OCH3 is 2. The van der Waals surface area contributed by atoms with Crippen LogP contribution in [0, 0.1) is 0 Å². The summed E-state index contributed by atoms with van der Waals surface area (Å²) in [6.45, 7) is 4.24. The number of carbonyl (C=O) groups is 1. The molecule has 1 aliphatic rings. The summed E-state index contributed by atoms with van der Waals surface area (Å²) in [7, 11) is 3.21. The van der Waals surface area contributed by atoms with E-state index < -0.39 is 0 Å². The highest BCUT2D eigenvalue weighted by Crippen LogP contribution is 2.34. The number of nitrogens with one attached hydrogen (secondary N) is 1. The zero-order chi connectivity index (χ0) is 29.8. The lowest BCUT2D eigenvalue weighted by molar-refractivity contribution is -0.118. The number of amides is 1. The largest absolute Gasteiger partial charge is 0.493 e. The molecule has 11 heteroatoms. The van der Waals surface area contributed by atoms with Gasteiger partial charge in [-0.2, -0.15) is 10.2 Å². The van der Waals surface area contributed by atoms with Crippen LogP contribution in [0.2, 0.25) is 0 Å². The molecule has 0 spiro atoms. The summed E-state index contributed by atoms with van der Waals surface area (Å²) in [5, 5.41) is 14.7.